The van der Waals surface area contributed by atoms with Crippen LogP contribution in [0.3, 0.4) is 0 Å². The summed E-state index contributed by atoms with van der Waals surface area (Å²) in [6.45, 7) is 4.94. The minimum atomic E-state index is 0.345. The van der Waals surface area contributed by atoms with Gasteiger partial charge >= 0.3 is 0 Å². The molecule has 0 saturated heterocycles. The first kappa shape index (κ1) is 15.2. The van der Waals surface area contributed by atoms with Gasteiger partial charge in [-0.2, -0.15) is 0 Å². The average Bonchev–Trinajstić information content (AvgIpc) is 2.29. The van der Waals surface area contributed by atoms with Crippen LogP contribution in [0.2, 0.25) is 0 Å². The van der Waals surface area contributed by atoms with Crippen LogP contribution < -0.4 is 0 Å². The Labute approximate surface area is 99.1 Å². The van der Waals surface area contributed by atoms with E-state index >= 15 is 0 Å². The van der Waals surface area contributed by atoms with Crippen molar-refractivity contribution < 1.29 is 9.72 Å². The van der Waals surface area contributed by atoms with Gasteiger partial charge in [0.25, 0.3) is 0 Å². The number of azo groups is 1. The van der Waals surface area contributed by atoms with Crippen molar-refractivity contribution in [3.05, 3.63) is 10.4 Å². The highest BCUT2D eigenvalue weighted by Gasteiger charge is 2.06. The molecule has 0 atom stereocenters. The van der Waals surface area contributed by atoms with Crippen LogP contribution in [0.1, 0.15) is 65.2 Å². The summed E-state index contributed by atoms with van der Waals surface area (Å²) < 4.78 is 0. The largest absolute Gasteiger partial charge is 0.567 e. The van der Waals surface area contributed by atoms with Crippen LogP contribution in [-0.4, -0.2) is 22.8 Å². The van der Waals surface area contributed by atoms with Crippen LogP contribution >= 0.6 is 0 Å². The molecule has 4 nitrogen and oxygen atoms in total. The topological polar surface area (TPSA) is 52.1 Å². The Morgan fingerprint density at radius 3 is 1.31 bits per heavy atom. The first-order valence-corrected chi connectivity index (χ1v) is 6.61. The van der Waals surface area contributed by atoms with Crippen molar-refractivity contribution in [2.45, 2.75) is 65.2 Å². The second kappa shape index (κ2) is 10.7. The van der Waals surface area contributed by atoms with Crippen LogP contribution in [0.25, 0.3) is 0 Å². The van der Waals surface area contributed by atoms with Crippen molar-refractivity contribution in [2.75, 3.05) is 13.1 Å². The molecule has 0 fully saturated rings. The Morgan fingerprint density at radius 2 is 1.00 bits per heavy atom. The van der Waals surface area contributed by atoms with Crippen LogP contribution in [0.5, 0.6) is 0 Å². The number of nitrogens with zero attached hydrogens (tertiary/aromatic N) is 2. The van der Waals surface area contributed by atoms with Crippen molar-refractivity contribution in [1.82, 2.24) is 0 Å². The van der Waals surface area contributed by atoms with E-state index in [0.29, 0.717) is 22.8 Å². The Kier molecular flexibility index (Phi) is 10.2. The average molecular weight is 230 g/mol. The van der Waals surface area contributed by atoms with Crippen LogP contribution in [0.15, 0.2) is 0 Å². The Hall–Kier alpha value is -0.800. The van der Waals surface area contributed by atoms with Gasteiger partial charge in [-0.15, -0.1) is 0 Å². The fourth-order valence-electron chi connectivity index (χ4n) is 1.57. The van der Waals surface area contributed by atoms with Crippen LogP contribution in [0.4, 0.5) is 0 Å². The second-order valence-corrected chi connectivity index (χ2v) is 4.27. The van der Waals surface area contributed by atoms with E-state index in [1.54, 1.807) is 0 Å². The van der Waals surface area contributed by atoms with Crippen molar-refractivity contribution in [3.63, 3.8) is 0 Å². The first-order valence-electron chi connectivity index (χ1n) is 6.61. The Morgan fingerprint density at radius 1 is 0.625 bits per heavy atom. The third kappa shape index (κ3) is 8.50. The van der Waals surface area contributed by atoms with Gasteiger partial charge in [0.2, 0.25) is 13.1 Å². The van der Waals surface area contributed by atoms with Gasteiger partial charge in [0.05, 0.1) is 0 Å². The van der Waals surface area contributed by atoms with E-state index in [0.717, 1.165) is 51.4 Å². The lowest BCUT2D eigenvalue weighted by atomic mass is 10.2. The van der Waals surface area contributed by atoms with E-state index in [-0.39, 0.29) is 0 Å². The number of hydrogen-bond acceptors (Lipinski definition) is 2. The van der Waals surface area contributed by atoms with Gasteiger partial charge in [0.1, 0.15) is 0 Å². The minimum absolute atomic E-state index is 0.345. The molecule has 0 aromatic heterocycles. The maximum absolute atomic E-state index is 11.3. The molecule has 0 rings (SSSR count). The van der Waals surface area contributed by atoms with Crippen molar-refractivity contribution in [1.29, 1.82) is 0 Å². The summed E-state index contributed by atoms with van der Waals surface area (Å²) in [5, 5.41) is 22.6. The van der Waals surface area contributed by atoms with Gasteiger partial charge in [-0.25, -0.2) is 0 Å². The summed E-state index contributed by atoms with van der Waals surface area (Å²) >= 11 is 0. The van der Waals surface area contributed by atoms with E-state index < -0.39 is 0 Å². The maximum atomic E-state index is 11.3. The lowest BCUT2D eigenvalue weighted by Gasteiger charge is -2.04. The van der Waals surface area contributed by atoms with Crippen molar-refractivity contribution >= 4 is 0 Å². The predicted octanol–water partition coefficient (Wildman–Crippen LogP) is 3.62. The molecular formula is C12H26N2O2. The lowest BCUT2D eigenvalue weighted by molar-refractivity contribution is -0.970. The SMILES string of the molecule is CCCCCC/[N+]([O-])=[N+](\[O-])CCCCCC. The van der Waals surface area contributed by atoms with Crippen LogP contribution in [-0.2, 0) is 0 Å². The molecule has 0 amide bonds. The maximum Gasteiger partial charge on any atom is 0.220 e. The Balaban J connectivity index is 3.60. The van der Waals surface area contributed by atoms with E-state index in [2.05, 4.69) is 13.8 Å². The van der Waals surface area contributed by atoms with E-state index in [1.165, 1.54) is 0 Å². The number of hydroxylamine groups is 2. The van der Waals surface area contributed by atoms with E-state index in [4.69, 9.17) is 0 Å². The third-order valence-corrected chi connectivity index (χ3v) is 2.65. The predicted molar refractivity (Wildman–Crippen MR) is 65.3 cm³/mol. The summed E-state index contributed by atoms with van der Waals surface area (Å²) in [4.78, 5) is 1.14. The fourth-order valence-corrected chi connectivity index (χ4v) is 1.57. The summed E-state index contributed by atoms with van der Waals surface area (Å²) in [5.74, 6) is 0. The standard InChI is InChI=1S/C12H26N2O2/c1-3-5-7-9-11-13(15)14(16)12-10-8-6-4-2/h3-12H2,1-2H3/b14-13+. The van der Waals surface area contributed by atoms with Gasteiger partial charge in [-0.3, -0.25) is 0 Å². The molecule has 0 radical (unpaired) electrons. The first-order chi connectivity index (χ1) is 7.72. The quantitative estimate of drug-likeness (QED) is 0.249. The third-order valence-electron chi connectivity index (χ3n) is 2.65. The molecule has 0 aliphatic carbocycles. The van der Waals surface area contributed by atoms with Gasteiger partial charge in [-0.05, 0) is 12.8 Å². The number of hydrogen-bond donors (Lipinski definition) is 0. The molecule has 0 heterocycles. The van der Waals surface area contributed by atoms with Crippen molar-refractivity contribution in [3.8, 4) is 0 Å². The highest BCUT2D eigenvalue weighted by Crippen LogP contribution is 2.00. The molecule has 96 valence electrons. The normalized spacial score (nSPS) is 12.6. The summed E-state index contributed by atoms with van der Waals surface area (Å²) in [7, 11) is 0. The Bertz CT molecular complexity index is 173. The molecular weight excluding hydrogens is 204 g/mol. The van der Waals surface area contributed by atoms with E-state index in [9.17, 15) is 10.4 Å². The molecule has 0 N–H and O–H groups in total. The molecule has 4 heteroatoms. The molecule has 0 aliphatic heterocycles. The zero-order valence-corrected chi connectivity index (χ0v) is 10.8. The second-order valence-electron chi connectivity index (χ2n) is 4.27. The summed E-state index contributed by atoms with van der Waals surface area (Å²) in [6.07, 6.45) is 8.31. The number of rotatable bonds is 10. The molecule has 0 unspecified atom stereocenters. The molecule has 0 spiro atoms. The van der Waals surface area contributed by atoms with Gasteiger partial charge < -0.3 is 10.4 Å². The van der Waals surface area contributed by atoms with Gasteiger partial charge in [0.15, 0.2) is 0 Å². The minimum Gasteiger partial charge on any atom is -0.567 e. The zero-order valence-electron chi connectivity index (χ0n) is 10.8. The molecule has 0 bridgehead atoms. The van der Waals surface area contributed by atoms with Crippen LogP contribution in [0, 0.1) is 10.4 Å². The number of unbranched alkanes of at least 4 members (excludes halogenated alkanes) is 6. The monoisotopic (exact) mass is 230 g/mol. The van der Waals surface area contributed by atoms with Gasteiger partial charge in [-0.1, -0.05) is 39.5 Å². The van der Waals surface area contributed by atoms with E-state index in [1.807, 2.05) is 0 Å². The molecule has 0 aliphatic rings. The highest BCUT2D eigenvalue weighted by atomic mass is 16.6. The lowest BCUT2D eigenvalue weighted by Crippen LogP contribution is -2.19. The molecule has 16 heavy (non-hydrogen) atoms. The van der Waals surface area contributed by atoms with Crippen molar-refractivity contribution in [2.24, 2.45) is 0 Å². The summed E-state index contributed by atoms with van der Waals surface area (Å²) in [6, 6.07) is 0. The van der Waals surface area contributed by atoms with Gasteiger partial charge in [0, 0.05) is 22.6 Å². The zero-order chi connectivity index (χ0) is 12.2. The smallest absolute Gasteiger partial charge is 0.220 e. The molecule has 0 aromatic carbocycles. The highest BCUT2D eigenvalue weighted by molar-refractivity contribution is 4.38. The molecule has 0 saturated carbocycles. The molecule has 0 aromatic rings. The summed E-state index contributed by atoms with van der Waals surface area (Å²) in [5.41, 5.74) is 0. The fraction of sp³-hybridized carbons (Fsp3) is 1.00.